The average Bonchev–Trinajstić information content (AvgIpc) is 2.84. The lowest BCUT2D eigenvalue weighted by Gasteiger charge is -2.28. The van der Waals surface area contributed by atoms with Crippen molar-refractivity contribution >= 4 is 20.3 Å². The topological polar surface area (TPSA) is 85.6 Å². The summed E-state index contributed by atoms with van der Waals surface area (Å²) in [5.74, 6) is -0.397. The van der Waals surface area contributed by atoms with Crippen LogP contribution < -0.4 is 5.32 Å². The second-order valence-electron chi connectivity index (χ2n) is 4.38. The summed E-state index contributed by atoms with van der Waals surface area (Å²) in [7, 11) is -0.938. The molecule has 1 atom stereocenters. The van der Waals surface area contributed by atoms with E-state index in [9.17, 15) is 4.79 Å². The number of hydrogen-bond acceptors (Lipinski definition) is 5. The number of carboxylic acid groups (broad SMARTS) is 1. The third-order valence-electron chi connectivity index (χ3n) is 3.01. The Hall–Kier alpha value is -1.17. The summed E-state index contributed by atoms with van der Waals surface area (Å²) in [5, 5.41) is 12.1. The number of aromatic nitrogens is 2. The second-order valence-corrected chi connectivity index (χ2v) is 5.93. The third-order valence-corrected chi connectivity index (χ3v) is 4.82. The lowest BCUT2D eigenvalue weighted by atomic mass is 10.2. The Balaban J connectivity index is 2.12. The van der Waals surface area contributed by atoms with Crippen molar-refractivity contribution < 1.29 is 18.9 Å². The van der Waals surface area contributed by atoms with E-state index >= 15 is 0 Å². The van der Waals surface area contributed by atoms with Crippen molar-refractivity contribution in [3.63, 3.8) is 0 Å². The lowest BCUT2D eigenvalue weighted by molar-refractivity contribution is 0.0691. The van der Waals surface area contributed by atoms with Gasteiger partial charge < -0.3 is 24.0 Å². The van der Waals surface area contributed by atoms with E-state index in [2.05, 4.69) is 10.3 Å². The first-order valence-corrected chi connectivity index (χ1v) is 8.11. The number of carbonyl (C=O) groups is 1. The molecule has 1 aliphatic heterocycles. The van der Waals surface area contributed by atoms with Gasteiger partial charge >= 0.3 is 5.97 Å². The number of imidazole rings is 1. The molecule has 20 heavy (non-hydrogen) atoms. The molecule has 8 heteroatoms. The van der Waals surface area contributed by atoms with Gasteiger partial charge in [0.15, 0.2) is 14.1 Å². The summed E-state index contributed by atoms with van der Waals surface area (Å²) in [6.45, 7) is 5.91. The molecule has 0 spiro atoms. The predicted octanol–water partition coefficient (Wildman–Crippen LogP) is 2.32. The van der Waals surface area contributed by atoms with Gasteiger partial charge in [0.2, 0.25) is 5.95 Å². The van der Waals surface area contributed by atoms with Crippen molar-refractivity contribution in [1.82, 2.24) is 9.55 Å². The molecule has 2 heterocycles. The number of nitrogens with zero attached hydrogens (tertiary/aromatic N) is 2. The molecule has 0 amide bonds. The van der Waals surface area contributed by atoms with E-state index in [0.29, 0.717) is 19.2 Å². The number of aromatic carboxylic acids is 1. The predicted molar refractivity (Wildman–Crippen MR) is 76.4 cm³/mol. The van der Waals surface area contributed by atoms with Crippen LogP contribution in [0.25, 0.3) is 0 Å². The highest BCUT2D eigenvalue weighted by Crippen LogP contribution is 2.43. The number of hydrogen-bond donors (Lipinski definition) is 2. The SMILES string of the molecule is CCOP(CC1CCNc2nc(C(=O)O)cn21)OCC. The normalized spacial score (nSPS) is 17.9. The zero-order valence-corrected chi connectivity index (χ0v) is 12.6. The smallest absolute Gasteiger partial charge is 0.356 e. The van der Waals surface area contributed by atoms with E-state index in [1.807, 2.05) is 18.4 Å². The van der Waals surface area contributed by atoms with Crippen LogP contribution in [0.3, 0.4) is 0 Å². The summed E-state index contributed by atoms with van der Waals surface area (Å²) in [5.41, 5.74) is 0.0662. The summed E-state index contributed by atoms with van der Waals surface area (Å²) in [6.07, 6.45) is 3.24. The van der Waals surface area contributed by atoms with Gasteiger partial charge in [-0.05, 0) is 20.3 Å². The summed E-state index contributed by atoms with van der Waals surface area (Å²) in [6, 6.07) is 0.163. The monoisotopic (exact) mass is 301 g/mol. The van der Waals surface area contributed by atoms with Gasteiger partial charge in [-0.1, -0.05) is 0 Å². The van der Waals surface area contributed by atoms with Gasteiger partial charge in [0, 0.05) is 24.9 Å². The minimum absolute atomic E-state index is 0.0662. The molecule has 2 rings (SSSR count). The van der Waals surface area contributed by atoms with Crippen LogP contribution in [-0.4, -0.2) is 46.5 Å². The fraction of sp³-hybridized carbons (Fsp3) is 0.667. The van der Waals surface area contributed by atoms with Gasteiger partial charge in [-0.3, -0.25) is 0 Å². The standard InChI is InChI=1S/C12H20N3O4P/c1-3-18-20(19-4-2)8-9-5-6-13-12-14-10(11(16)17)7-15(9)12/h7,9H,3-6,8H2,1-2H3,(H,13,14)(H,16,17). The largest absolute Gasteiger partial charge is 0.476 e. The van der Waals surface area contributed by atoms with Gasteiger partial charge in [-0.2, -0.15) is 0 Å². The molecule has 0 fully saturated rings. The van der Waals surface area contributed by atoms with Gasteiger partial charge in [0.05, 0.1) is 13.2 Å². The molecule has 0 aliphatic carbocycles. The van der Waals surface area contributed by atoms with Crippen LogP contribution in [0, 0.1) is 0 Å². The van der Waals surface area contributed by atoms with Crippen LogP contribution >= 0.6 is 8.38 Å². The Morgan fingerprint density at radius 1 is 1.55 bits per heavy atom. The fourth-order valence-electron chi connectivity index (χ4n) is 2.18. The van der Waals surface area contributed by atoms with Crippen LogP contribution in [-0.2, 0) is 9.05 Å². The molecule has 0 bridgehead atoms. The number of nitrogens with one attached hydrogen (secondary N) is 1. The summed E-state index contributed by atoms with van der Waals surface area (Å²) in [4.78, 5) is 15.1. The second kappa shape index (κ2) is 7.02. The Bertz CT molecular complexity index is 460. The van der Waals surface area contributed by atoms with Crippen molar-refractivity contribution in [1.29, 1.82) is 0 Å². The first-order valence-electron chi connectivity index (χ1n) is 6.75. The van der Waals surface area contributed by atoms with Gasteiger partial charge in [0.25, 0.3) is 0 Å². The maximum atomic E-state index is 11.0. The minimum atomic E-state index is -1.01. The molecule has 0 saturated carbocycles. The van der Waals surface area contributed by atoms with E-state index in [-0.39, 0.29) is 11.7 Å². The minimum Gasteiger partial charge on any atom is -0.476 e. The Morgan fingerprint density at radius 3 is 2.85 bits per heavy atom. The van der Waals surface area contributed by atoms with Crippen molar-refractivity contribution in [2.75, 3.05) is 31.2 Å². The molecule has 0 saturated heterocycles. The fourth-order valence-corrected chi connectivity index (χ4v) is 3.74. The van der Waals surface area contributed by atoms with E-state index in [1.54, 1.807) is 6.20 Å². The summed E-state index contributed by atoms with van der Waals surface area (Å²) >= 11 is 0. The van der Waals surface area contributed by atoms with E-state index in [4.69, 9.17) is 14.2 Å². The van der Waals surface area contributed by atoms with Crippen molar-refractivity contribution in [3.8, 4) is 0 Å². The highest BCUT2D eigenvalue weighted by Gasteiger charge is 2.26. The molecular weight excluding hydrogens is 281 g/mol. The van der Waals surface area contributed by atoms with Crippen LogP contribution in [0.15, 0.2) is 6.20 Å². The number of anilines is 1. The van der Waals surface area contributed by atoms with Gasteiger partial charge in [-0.25, -0.2) is 9.78 Å². The van der Waals surface area contributed by atoms with Gasteiger partial charge in [0.1, 0.15) is 0 Å². The zero-order valence-electron chi connectivity index (χ0n) is 11.7. The molecular formula is C12H20N3O4P. The lowest BCUT2D eigenvalue weighted by Crippen LogP contribution is -2.24. The van der Waals surface area contributed by atoms with E-state index in [1.165, 1.54) is 0 Å². The quantitative estimate of drug-likeness (QED) is 0.752. The third kappa shape index (κ3) is 3.48. The average molecular weight is 301 g/mol. The number of carboxylic acids is 1. The van der Waals surface area contributed by atoms with Crippen LogP contribution in [0.1, 0.15) is 36.8 Å². The molecule has 2 N–H and O–H groups in total. The summed E-state index contributed by atoms with van der Waals surface area (Å²) < 4.78 is 13.1. The first kappa shape index (κ1) is 15.2. The number of fused-ring (bicyclic) bond motifs is 1. The van der Waals surface area contributed by atoms with Crippen LogP contribution in [0.2, 0.25) is 0 Å². The highest BCUT2D eigenvalue weighted by molar-refractivity contribution is 7.47. The molecule has 7 nitrogen and oxygen atoms in total. The van der Waals surface area contributed by atoms with Gasteiger partial charge in [-0.15, -0.1) is 0 Å². The van der Waals surface area contributed by atoms with E-state index < -0.39 is 14.3 Å². The number of rotatable bonds is 7. The van der Waals surface area contributed by atoms with Crippen molar-refractivity contribution in [2.45, 2.75) is 26.3 Å². The molecule has 1 aliphatic rings. The molecule has 112 valence electrons. The Labute approximate surface area is 119 Å². The molecule has 1 aromatic heterocycles. The van der Waals surface area contributed by atoms with Crippen molar-refractivity contribution in [3.05, 3.63) is 11.9 Å². The first-order chi connectivity index (χ1) is 9.65. The molecule has 0 radical (unpaired) electrons. The highest BCUT2D eigenvalue weighted by atomic mass is 31.2. The molecule has 0 aromatic carbocycles. The Kier molecular flexibility index (Phi) is 5.34. The molecule has 1 unspecified atom stereocenters. The van der Waals surface area contributed by atoms with E-state index in [0.717, 1.165) is 19.1 Å². The van der Waals surface area contributed by atoms with Crippen molar-refractivity contribution in [2.24, 2.45) is 0 Å². The molecule has 1 aromatic rings. The maximum Gasteiger partial charge on any atom is 0.356 e. The Morgan fingerprint density at radius 2 is 2.25 bits per heavy atom. The zero-order chi connectivity index (χ0) is 14.5. The maximum absolute atomic E-state index is 11.0. The van der Waals surface area contributed by atoms with Crippen LogP contribution in [0.4, 0.5) is 5.95 Å². The van der Waals surface area contributed by atoms with Crippen LogP contribution in [0.5, 0.6) is 0 Å².